The summed E-state index contributed by atoms with van der Waals surface area (Å²) in [5.41, 5.74) is 8.66. The lowest BCUT2D eigenvalue weighted by Gasteiger charge is -2.10. The Kier molecular flexibility index (Phi) is 3.18. The smallest absolute Gasteiger partial charge is 0.272 e. The fourth-order valence-corrected chi connectivity index (χ4v) is 2.53. The van der Waals surface area contributed by atoms with Crippen molar-refractivity contribution in [2.45, 2.75) is 25.8 Å². The Hall–Kier alpha value is -1.94. The lowest BCUT2D eigenvalue weighted by Crippen LogP contribution is -2.16. The predicted octanol–water partition coefficient (Wildman–Crippen LogP) is 3.62. The highest BCUT2D eigenvalue weighted by Gasteiger charge is 2.27. The molecular formula is C15H16ClN3O. The molecule has 0 radical (unpaired) electrons. The van der Waals surface area contributed by atoms with E-state index in [1.807, 2.05) is 35.9 Å². The van der Waals surface area contributed by atoms with Crippen molar-refractivity contribution in [1.29, 1.82) is 0 Å². The van der Waals surface area contributed by atoms with Gasteiger partial charge < -0.3 is 15.6 Å². The highest BCUT2D eigenvalue weighted by Crippen LogP contribution is 2.37. The largest absolute Gasteiger partial charge is 0.397 e. The average molecular weight is 290 g/mol. The van der Waals surface area contributed by atoms with Crippen molar-refractivity contribution >= 4 is 28.9 Å². The van der Waals surface area contributed by atoms with Crippen LogP contribution in [-0.4, -0.2) is 10.5 Å². The number of carbonyl (C=O) groups is 1. The standard InChI is InChI=1S/C15H16ClN3O/c1-9-2-5-13(12(16)6-9)18-15(20)14-7-10(17)8-19(14)11-3-4-11/h2,5-8,11H,3-4,17H2,1H3,(H,18,20). The van der Waals surface area contributed by atoms with E-state index in [4.69, 9.17) is 17.3 Å². The van der Waals surface area contributed by atoms with E-state index in [1.54, 1.807) is 6.07 Å². The van der Waals surface area contributed by atoms with Crippen LogP contribution >= 0.6 is 11.6 Å². The Morgan fingerprint density at radius 1 is 1.40 bits per heavy atom. The van der Waals surface area contributed by atoms with Gasteiger partial charge in [-0.25, -0.2) is 0 Å². The molecule has 2 aromatic rings. The van der Waals surface area contributed by atoms with E-state index in [9.17, 15) is 4.79 Å². The third kappa shape index (κ3) is 2.51. The number of nitrogens with zero attached hydrogens (tertiary/aromatic N) is 1. The first-order valence-electron chi connectivity index (χ1n) is 6.59. The summed E-state index contributed by atoms with van der Waals surface area (Å²) >= 11 is 6.13. The van der Waals surface area contributed by atoms with Crippen LogP contribution in [-0.2, 0) is 0 Å². The number of nitrogens with one attached hydrogen (secondary N) is 1. The molecule has 1 aromatic heterocycles. The highest BCUT2D eigenvalue weighted by molar-refractivity contribution is 6.34. The van der Waals surface area contributed by atoms with Crippen molar-refractivity contribution in [1.82, 2.24) is 4.57 Å². The predicted molar refractivity (Wildman–Crippen MR) is 81.3 cm³/mol. The van der Waals surface area contributed by atoms with Gasteiger partial charge >= 0.3 is 0 Å². The first kappa shape index (κ1) is 13.1. The van der Waals surface area contributed by atoms with Crippen molar-refractivity contribution in [2.75, 3.05) is 11.1 Å². The summed E-state index contributed by atoms with van der Waals surface area (Å²) in [6.07, 6.45) is 4.02. The number of halogens is 1. The molecule has 1 fully saturated rings. The molecule has 0 atom stereocenters. The number of carbonyl (C=O) groups excluding carboxylic acids is 1. The monoisotopic (exact) mass is 289 g/mol. The van der Waals surface area contributed by atoms with Gasteiger partial charge in [-0.2, -0.15) is 0 Å². The van der Waals surface area contributed by atoms with Gasteiger partial charge in [0.15, 0.2) is 0 Å². The number of nitrogen functional groups attached to an aromatic ring is 1. The number of hydrogen-bond acceptors (Lipinski definition) is 2. The number of hydrogen-bond donors (Lipinski definition) is 2. The lowest BCUT2D eigenvalue weighted by atomic mass is 10.2. The molecule has 0 unspecified atom stereocenters. The first-order valence-corrected chi connectivity index (χ1v) is 6.97. The van der Waals surface area contributed by atoms with E-state index in [0.29, 0.717) is 28.1 Å². The number of aryl methyl sites for hydroxylation is 1. The summed E-state index contributed by atoms with van der Waals surface area (Å²) < 4.78 is 1.95. The molecule has 1 aliphatic rings. The second-order valence-electron chi connectivity index (χ2n) is 5.23. The Morgan fingerprint density at radius 3 is 2.80 bits per heavy atom. The molecule has 20 heavy (non-hydrogen) atoms. The van der Waals surface area contributed by atoms with E-state index in [1.165, 1.54) is 0 Å². The third-order valence-electron chi connectivity index (χ3n) is 3.42. The van der Waals surface area contributed by atoms with Crippen LogP contribution in [0, 0.1) is 6.92 Å². The second kappa shape index (κ2) is 4.87. The molecule has 104 valence electrons. The molecule has 1 saturated carbocycles. The fourth-order valence-electron chi connectivity index (χ4n) is 2.25. The summed E-state index contributed by atoms with van der Waals surface area (Å²) in [7, 11) is 0. The zero-order chi connectivity index (χ0) is 14.3. The van der Waals surface area contributed by atoms with Gasteiger partial charge in [0.05, 0.1) is 16.4 Å². The minimum absolute atomic E-state index is 0.181. The maximum Gasteiger partial charge on any atom is 0.272 e. The summed E-state index contributed by atoms with van der Waals surface area (Å²) in [5, 5.41) is 3.38. The molecule has 5 heteroatoms. The first-order chi connectivity index (χ1) is 9.54. The summed E-state index contributed by atoms with van der Waals surface area (Å²) in [6.45, 7) is 1.95. The summed E-state index contributed by atoms with van der Waals surface area (Å²) in [4.78, 5) is 12.4. The van der Waals surface area contributed by atoms with E-state index in [-0.39, 0.29) is 5.91 Å². The van der Waals surface area contributed by atoms with Gasteiger partial charge in [0.1, 0.15) is 5.69 Å². The molecule has 1 amide bonds. The van der Waals surface area contributed by atoms with Gasteiger partial charge in [0.2, 0.25) is 0 Å². The topological polar surface area (TPSA) is 60.1 Å². The van der Waals surface area contributed by atoms with Gasteiger partial charge in [-0.1, -0.05) is 17.7 Å². The van der Waals surface area contributed by atoms with Gasteiger partial charge in [-0.3, -0.25) is 4.79 Å². The third-order valence-corrected chi connectivity index (χ3v) is 3.73. The normalized spacial score (nSPS) is 14.3. The van der Waals surface area contributed by atoms with E-state index >= 15 is 0 Å². The molecule has 3 rings (SSSR count). The Labute approximate surface area is 122 Å². The van der Waals surface area contributed by atoms with Crippen molar-refractivity contribution in [3.05, 3.63) is 46.7 Å². The molecule has 0 saturated heterocycles. The number of aromatic nitrogens is 1. The van der Waals surface area contributed by atoms with Crippen LogP contribution in [0.3, 0.4) is 0 Å². The van der Waals surface area contributed by atoms with Crippen LogP contribution in [0.4, 0.5) is 11.4 Å². The zero-order valence-corrected chi connectivity index (χ0v) is 11.9. The SMILES string of the molecule is Cc1ccc(NC(=O)c2cc(N)cn2C2CC2)c(Cl)c1. The molecule has 0 spiro atoms. The average Bonchev–Trinajstić information content (AvgIpc) is 3.16. The molecule has 0 bridgehead atoms. The molecule has 4 nitrogen and oxygen atoms in total. The molecule has 0 aliphatic heterocycles. The minimum Gasteiger partial charge on any atom is -0.397 e. The number of anilines is 2. The van der Waals surface area contributed by atoms with E-state index in [0.717, 1.165) is 18.4 Å². The molecular weight excluding hydrogens is 274 g/mol. The van der Waals surface area contributed by atoms with Gasteiger partial charge in [-0.15, -0.1) is 0 Å². The second-order valence-corrected chi connectivity index (χ2v) is 5.64. The van der Waals surface area contributed by atoms with Crippen LogP contribution < -0.4 is 11.1 Å². The van der Waals surface area contributed by atoms with Crippen molar-refractivity contribution < 1.29 is 4.79 Å². The lowest BCUT2D eigenvalue weighted by molar-refractivity contribution is 0.101. The zero-order valence-electron chi connectivity index (χ0n) is 11.2. The summed E-state index contributed by atoms with van der Waals surface area (Å²) in [5.74, 6) is -0.181. The van der Waals surface area contributed by atoms with Gasteiger partial charge in [-0.05, 0) is 43.5 Å². The van der Waals surface area contributed by atoms with Crippen LogP contribution in [0.2, 0.25) is 5.02 Å². The maximum atomic E-state index is 12.4. The van der Waals surface area contributed by atoms with Crippen molar-refractivity contribution in [2.24, 2.45) is 0 Å². The van der Waals surface area contributed by atoms with Gasteiger partial charge in [0, 0.05) is 12.2 Å². The molecule has 1 aromatic carbocycles. The number of amides is 1. The number of rotatable bonds is 3. The van der Waals surface area contributed by atoms with Crippen molar-refractivity contribution in [3.8, 4) is 0 Å². The summed E-state index contributed by atoms with van der Waals surface area (Å²) in [6, 6.07) is 7.65. The number of nitrogens with two attached hydrogens (primary N) is 1. The Morgan fingerprint density at radius 2 is 2.15 bits per heavy atom. The van der Waals surface area contributed by atoms with Crippen LogP contribution in [0.25, 0.3) is 0 Å². The quantitative estimate of drug-likeness (QED) is 0.906. The Bertz CT molecular complexity index is 674. The molecule has 3 N–H and O–H groups in total. The van der Waals surface area contributed by atoms with E-state index < -0.39 is 0 Å². The minimum atomic E-state index is -0.181. The van der Waals surface area contributed by atoms with Crippen molar-refractivity contribution in [3.63, 3.8) is 0 Å². The van der Waals surface area contributed by atoms with E-state index in [2.05, 4.69) is 5.32 Å². The van der Waals surface area contributed by atoms with Crippen LogP contribution in [0.1, 0.15) is 34.9 Å². The Balaban J connectivity index is 1.86. The van der Waals surface area contributed by atoms with Crippen LogP contribution in [0.5, 0.6) is 0 Å². The highest BCUT2D eigenvalue weighted by atomic mass is 35.5. The number of benzene rings is 1. The van der Waals surface area contributed by atoms with Crippen LogP contribution in [0.15, 0.2) is 30.5 Å². The fraction of sp³-hybridized carbons (Fsp3) is 0.267. The molecule has 1 heterocycles. The van der Waals surface area contributed by atoms with Gasteiger partial charge in [0.25, 0.3) is 5.91 Å². The molecule has 1 aliphatic carbocycles. The maximum absolute atomic E-state index is 12.4.